The van der Waals surface area contributed by atoms with Crippen molar-refractivity contribution in [2.45, 2.75) is 65.3 Å². The molecule has 27 heavy (non-hydrogen) atoms. The molecule has 5 nitrogen and oxygen atoms in total. The van der Waals surface area contributed by atoms with E-state index in [2.05, 4.69) is 24.5 Å². The normalized spacial score (nSPS) is 15.3. The van der Waals surface area contributed by atoms with Gasteiger partial charge in [-0.25, -0.2) is 4.79 Å². The molecular weight excluding hydrogens is 338 g/mol. The van der Waals surface area contributed by atoms with Crippen molar-refractivity contribution < 1.29 is 9.59 Å². The van der Waals surface area contributed by atoms with Gasteiger partial charge in [-0.3, -0.25) is 4.79 Å². The number of piperidine rings is 1. The van der Waals surface area contributed by atoms with Gasteiger partial charge in [0, 0.05) is 31.7 Å². The van der Waals surface area contributed by atoms with Crippen molar-refractivity contribution in [2.24, 2.45) is 5.92 Å². The van der Waals surface area contributed by atoms with Gasteiger partial charge in [-0.1, -0.05) is 45.2 Å². The highest BCUT2D eigenvalue weighted by Crippen LogP contribution is 2.14. The fraction of sp³-hybridized carbons (Fsp3) is 0.636. The highest BCUT2D eigenvalue weighted by Gasteiger charge is 2.17. The standard InChI is InChI=1S/C22H35N3O2/c1-3-5-9-18(4-2)16-23-22(27)24-17-19-10-12-20(13-11-19)21(26)25-14-7-6-8-15-25/h10-13,18H,3-9,14-17H2,1-2H3,(H2,23,24,27). The summed E-state index contributed by atoms with van der Waals surface area (Å²) < 4.78 is 0. The van der Waals surface area contributed by atoms with Crippen LogP contribution in [0.2, 0.25) is 0 Å². The summed E-state index contributed by atoms with van der Waals surface area (Å²) in [4.78, 5) is 26.4. The molecule has 0 aromatic heterocycles. The first-order valence-electron chi connectivity index (χ1n) is 10.5. The van der Waals surface area contributed by atoms with Crippen LogP contribution in [0.15, 0.2) is 24.3 Å². The largest absolute Gasteiger partial charge is 0.339 e. The van der Waals surface area contributed by atoms with Gasteiger partial charge >= 0.3 is 6.03 Å². The zero-order chi connectivity index (χ0) is 19.5. The number of unbranched alkanes of at least 4 members (excludes halogenated alkanes) is 1. The highest BCUT2D eigenvalue weighted by molar-refractivity contribution is 5.94. The minimum Gasteiger partial charge on any atom is -0.339 e. The minimum atomic E-state index is -0.126. The Labute approximate surface area is 163 Å². The van der Waals surface area contributed by atoms with Gasteiger partial charge in [0.2, 0.25) is 0 Å². The average molecular weight is 374 g/mol. The van der Waals surface area contributed by atoms with Crippen LogP contribution in [0.1, 0.15) is 74.7 Å². The summed E-state index contributed by atoms with van der Waals surface area (Å²) in [5.41, 5.74) is 1.73. The third-order valence-corrected chi connectivity index (χ3v) is 5.39. The van der Waals surface area contributed by atoms with Gasteiger partial charge < -0.3 is 15.5 Å². The summed E-state index contributed by atoms with van der Waals surface area (Å²) >= 11 is 0. The van der Waals surface area contributed by atoms with Crippen molar-refractivity contribution in [2.75, 3.05) is 19.6 Å². The smallest absolute Gasteiger partial charge is 0.315 e. The number of hydrogen-bond acceptors (Lipinski definition) is 2. The number of nitrogens with one attached hydrogen (secondary N) is 2. The molecule has 0 spiro atoms. The van der Waals surface area contributed by atoms with Gasteiger partial charge in [0.05, 0.1) is 0 Å². The predicted octanol–water partition coefficient (Wildman–Crippen LogP) is 4.33. The Hall–Kier alpha value is -2.04. The predicted molar refractivity (Wildman–Crippen MR) is 110 cm³/mol. The van der Waals surface area contributed by atoms with E-state index in [-0.39, 0.29) is 11.9 Å². The Morgan fingerprint density at radius 2 is 1.74 bits per heavy atom. The molecule has 1 saturated heterocycles. The van der Waals surface area contributed by atoms with E-state index in [9.17, 15) is 9.59 Å². The second kappa shape index (κ2) is 11.6. The first-order chi connectivity index (χ1) is 13.1. The third kappa shape index (κ3) is 7.24. The molecule has 0 aliphatic carbocycles. The molecule has 150 valence electrons. The van der Waals surface area contributed by atoms with E-state index in [0.717, 1.165) is 50.0 Å². The third-order valence-electron chi connectivity index (χ3n) is 5.39. The molecule has 3 amide bonds. The molecule has 2 rings (SSSR count). The van der Waals surface area contributed by atoms with Gasteiger partial charge in [-0.2, -0.15) is 0 Å². The van der Waals surface area contributed by atoms with E-state index in [1.807, 2.05) is 29.2 Å². The lowest BCUT2D eigenvalue weighted by atomic mass is 9.99. The van der Waals surface area contributed by atoms with Crippen LogP contribution < -0.4 is 10.6 Å². The Bertz CT molecular complexity index is 580. The maximum Gasteiger partial charge on any atom is 0.315 e. The molecule has 1 aromatic carbocycles. The molecule has 1 aliphatic rings. The zero-order valence-corrected chi connectivity index (χ0v) is 16.9. The minimum absolute atomic E-state index is 0.115. The molecule has 0 radical (unpaired) electrons. The summed E-state index contributed by atoms with van der Waals surface area (Å²) in [5.74, 6) is 0.667. The van der Waals surface area contributed by atoms with Crippen molar-refractivity contribution in [3.8, 4) is 0 Å². The Morgan fingerprint density at radius 3 is 2.37 bits per heavy atom. The van der Waals surface area contributed by atoms with E-state index in [1.54, 1.807) is 0 Å². The summed E-state index contributed by atoms with van der Waals surface area (Å²) in [6, 6.07) is 7.45. The fourth-order valence-corrected chi connectivity index (χ4v) is 3.47. The topological polar surface area (TPSA) is 61.4 Å². The number of hydrogen-bond donors (Lipinski definition) is 2. The molecule has 0 bridgehead atoms. The monoisotopic (exact) mass is 373 g/mol. The van der Waals surface area contributed by atoms with Crippen molar-refractivity contribution in [1.29, 1.82) is 0 Å². The molecular formula is C22H35N3O2. The van der Waals surface area contributed by atoms with Crippen LogP contribution in [0, 0.1) is 5.92 Å². The van der Waals surface area contributed by atoms with Crippen molar-refractivity contribution in [1.82, 2.24) is 15.5 Å². The second-order valence-corrected chi connectivity index (χ2v) is 7.53. The first kappa shape index (κ1) is 21.3. The van der Waals surface area contributed by atoms with E-state index >= 15 is 0 Å². The quantitative estimate of drug-likeness (QED) is 0.677. The van der Waals surface area contributed by atoms with E-state index in [0.29, 0.717) is 12.5 Å². The lowest BCUT2D eigenvalue weighted by Gasteiger charge is -2.26. The van der Waals surface area contributed by atoms with Gasteiger partial charge in [0.1, 0.15) is 0 Å². The average Bonchev–Trinajstić information content (AvgIpc) is 2.73. The summed E-state index contributed by atoms with van der Waals surface area (Å²) in [7, 11) is 0. The number of nitrogens with zero attached hydrogens (tertiary/aromatic N) is 1. The zero-order valence-electron chi connectivity index (χ0n) is 16.9. The number of likely N-dealkylation sites (tertiary alicyclic amines) is 1. The molecule has 1 aliphatic heterocycles. The van der Waals surface area contributed by atoms with Crippen LogP contribution in [-0.4, -0.2) is 36.5 Å². The second-order valence-electron chi connectivity index (χ2n) is 7.53. The van der Waals surface area contributed by atoms with Crippen molar-refractivity contribution >= 4 is 11.9 Å². The Morgan fingerprint density at radius 1 is 1.04 bits per heavy atom. The van der Waals surface area contributed by atoms with E-state index < -0.39 is 0 Å². The fourth-order valence-electron chi connectivity index (χ4n) is 3.47. The Kier molecular flexibility index (Phi) is 9.16. The summed E-state index contributed by atoms with van der Waals surface area (Å²) in [5, 5.41) is 5.88. The number of urea groups is 1. The number of amides is 3. The number of rotatable bonds is 9. The Balaban J connectivity index is 1.74. The lowest BCUT2D eigenvalue weighted by molar-refractivity contribution is 0.0724. The highest BCUT2D eigenvalue weighted by atomic mass is 16.2. The molecule has 2 N–H and O–H groups in total. The van der Waals surface area contributed by atoms with Crippen molar-refractivity contribution in [3.63, 3.8) is 0 Å². The number of carbonyl (C=O) groups is 2. The molecule has 1 fully saturated rings. The molecule has 1 atom stereocenters. The maximum absolute atomic E-state index is 12.5. The van der Waals surface area contributed by atoms with Gasteiger partial charge in [0.25, 0.3) is 5.91 Å². The molecule has 0 saturated carbocycles. The summed E-state index contributed by atoms with van der Waals surface area (Å²) in [6.07, 6.45) is 8.07. The molecule has 1 heterocycles. The van der Waals surface area contributed by atoms with Gasteiger partial charge in [-0.05, 0) is 49.3 Å². The molecule has 1 aromatic rings. The van der Waals surface area contributed by atoms with Gasteiger partial charge in [0.15, 0.2) is 0 Å². The van der Waals surface area contributed by atoms with Crippen molar-refractivity contribution in [3.05, 3.63) is 35.4 Å². The number of benzene rings is 1. The molecule has 5 heteroatoms. The summed E-state index contributed by atoms with van der Waals surface area (Å²) in [6.45, 7) is 7.28. The van der Waals surface area contributed by atoms with Gasteiger partial charge in [-0.15, -0.1) is 0 Å². The first-order valence-corrected chi connectivity index (χ1v) is 10.5. The van der Waals surface area contributed by atoms with E-state index in [1.165, 1.54) is 25.7 Å². The van der Waals surface area contributed by atoms with Crippen LogP contribution in [-0.2, 0) is 6.54 Å². The van der Waals surface area contributed by atoms with Crippen LogP contribution in [0.4, 0.5) is 4.79 Å². The van der Waals surface area contributed by atoms with Crippen LogP contribution >= 0.6 is 0 Å². The van der Waals surface area contributed by atoms with Crippen LogP contribution in [0.3, 0.4) is 0 Å². The van der Waals surface area contributed by atoms with Crippen LogP contribution in [0.5, 0.6) is 0 Å². The SMILES string of the molecule is CCCCC(CC)CNC(=O)NCc1ccc(C(=O)N2CCCCC2)cc1. The lowest BCUT2D eigenvalue weighted by Crippen LogP contribution is -2.37. The van der Waals surface area contributed by atoms with E-state index in [4.69, 9.17) is 0 Å². The molecule has 1 unspecified atom stereocenters. The van der Waals surface area contributed by atoms with Crippen LogP contribution in [0.25, 0.3) is 0 Å². The maximum atomic E-state index is 12.5. The number of carbonyl (C=O) groups excluding carboxylic acids is 2.